The molecular formula is C6H215FN12S25VY36. The van der Waals surface area contributed by atoms with Crippen molar-refractivity contribution in [3.63, 3.8) is 0 Å². The summed E-state index contributed by atoms with van der Waals surface area (Å²) in [7, 11) is 0. The van der Waals surface area contributed by atoms with Gasteiger partial charge in [0.1, 0.15) is 0 Å². The summed E-state index contributed by atoms with van der Waals surface area (Å²) in [5, 5.41) is 0. The van der Waals surface area contributed by atoms with E-state index in [1.54, 1.807) is 0 Å². The predicted molar refractivity (Wildman–Crippen MR) is 473 cm³/mol. The molecular weight excluding hydrogens is 4310 g/mol. The molecule has 0 heterocycles. The van der Waals surface area contributed by atoms with Crippen LogP contribution in [0.15, 0.2) is 0 Å². The standard InChI is InChI=1S/6CH4.FH.12H3N.25H2S.V.36Y.52H2/h6*1H4;1H;12*1H3;25*1H2;;;;;;;;;;;;;;;;;;;;;;;;;;;;;;;;;;;;;;52*1H/i;;;;;;;;;;;;;;;;;;;;;;;;;;;;;;;;;;;;;;;;;;;;;;;;;;;;;;;;;;;;;;;;;;;;;;;;;;;;;;;;;26*1+2;;;;;;;;;;;;;;;;;;;;;;;;;;. The first-order valence-electron chi connectivity index (χ1n) is 0. The number of rotatable bonds is 0. The van der Waals surface area contributed by atoms with Gasteiger partial charge in [-0.05, 0) is 0 Å². The van der Waals surface area contributed by atoms with E-state index in [1.165, 1.54) is 0 Å². The molecule has 0 amide bonds. The molecule has 0 unspecified atom stereocenters. The van der Waals surface area contributed by atoms with Crippen LogP contribution in [0.1, 0.15) is 119 Å². The largest absolute Gasteiger partial charge is 0.344 e. The number of halogens is 1. The van der Waals surface area contributed by atoms with E-state index in [0.717, 1.165) is 0 Å². The molecule has 0 fully saturated rings. The van der Waals surface area contributed by atoms with Gasteiger partial charge < -0.3 is 73.8 Å². The smallest absolute Gasteiger partial charge is 0 e. The monoisotopic (exact) mass is 4580 g/mol. The molecule has 0 spiro atoms. The van der Waals surface area contributed by atoms with Crippen molar-refractivity contribution in [3.8, 4) is 0 Å². The van der Waals surface area contributed by atoms with Crippen LogP contribution in [0, 0.1) is 0 Å². The Kier molecular flexibility index (Phi) is 9960. The van der Waals surface area contributed by atoms with Crippen molar-refractivity contribution in [3.05, 3.63) is 0 Å². The molecule has 0 bridgehead atoms. The van der Waals surface area contributed by atoms with E-state index in [9.17, 15) is 0 Å². The Balaban J connectivity index is 0. The van der Waals surface area contributed by atoms with Crippen LogP contribution in [0.3, 0.4) is 0 Å². The molecule has 75 heteroatoms. The molecule has 36 N–H and O–H groups in total. The summed E-state index contributed by atoms with van der Waals surface area (Å²) < 4.78 is 0. The third-order valence-electron chi connectivity index (χ3n) is 0. The average Bonchev–Trinajstić information content (AvgIpc) is 0. The first kappa shape index (κ1) is 909. The van der Waals surface area contributed by atoms with Gasteiger partial charge in [-0.2, -0.15) is 337 Å². The van der Waals surface area contributed by atoms with Crippen LogP contribution < -0.4 is 73.8 Å². The van der Waals surface area contributed by atoms with Crippen molar-refractivity contribution in [1.29, 1.82) is 0 Å². The van der Waals surface area contributed by atoms with Gasteiger partial charge in [0, 0.05) is 1270 Å². The van der Waals surface area contributed by atoms with Crippen LogP contribution in [0.4, 0.5) is 4.70 Å². The van der Waals surface area contributed by atoms with Crippen LogP contribution in [0.25, 0.3) is 0 Å². The Morgan fingerprint density at radius 2 is 0.0988 bits per heavy atom. The minimum absolute atomic E-state index is 0. The number of hydrogen-bond donors (Lipinski definition) is 12. The summed E-state index contributed by atoms with van der Waals surface area (Å²) in [6.45, 7) is 0. The third-order valence-corrected chi connectivity index (χ3v) is 0. The van der Waals surface area contributed by atoms with Gasteiger partial charge in [0.15, 0.2) is 0 Å². The second-order valence-electron chi connectivity index (χ2n) is 0. The van der Waals surface area contributed by atoms with E-state index in [0.29, 0.717) is 0 Å². The van der Waals surface area contributed by atoms with E-state index >= 15 is 0 Å². The van der Waals surface area contributed by atoms with Crippen molar-refractivity contribution in [2.45, 2.75) is 44.6 Å². The second-order valence-corrected chi connectivity index (χ2v) is 0. The van der Waals surface area contributed by atoms with E-state index in [4.69, 9.17) is 0 Å². The van der Waals surface area contributed by atoms with E-state index in [2.05, 4.69) is 0 Å². The molecule has 0 aromatic carbocycles. The molecule has 0 aliphatic heterocycles. The molecule has 37 radical (unpaired) electrons. The van der Waals surface area contributed by atoms with Gasteiger partial charge in [-0.25, -0.2) is 0 Å². The van der Waals surface area contributed by atoms with Crippen LogP contribution in [-0.2, 0) is 1200 Å². The number of hydrogen-bond acceptors (Lipinski definition) is 12. The third kappa shape index (κ3) is 874. The minimum Gasteiger partial charge on any atom is -0.344 e. The molecule has 0 aliphatic rings. The Hall–Kier alpha value is 48.5. The second kappa shape index (κ2) is 888. The van der Waals surface area contributed by atoms with Crippen molar-refractivity contribution in [2.24, 2.45) is 0 Å². The minimum atomic E-state index is 0. The Morgan fingerprint density at radius 1 is 0.0988 bits per heavy atom. The average molecular weight is 4580 g/mol. The zero-order valence-corrected chi connectivity index (χ0v) is 171. The summed E-state index contributed by atoms with van der Waals surface area (Å²) in [6.07, 6.45) is 0. The van der Waals surface area contributed by atoms with Gasteiger partial charge in [0.2, 0.25) is 0 Å². The van der Waals surface area contributed by atoms with E-state index < -0.39 is 0 Å². The molecule has 0 aromatic rings. The fourth-order valence-electron chi connectivity index (χ4n) is 0. The molecule has 0 aromatic heterocycles. The van der Waals surface area contributed by atoms with Gasteiger partial charge in [-0.3, -0.25) is 4.70 Å². The van der Waals surface area contributed by atoms with E-state index in [1.807, 2.05) is 0 Å². The summed E-state index contributed by atoms with van der Waals surface area (Å²) in [5.41, 5.74) is 0. The maximum absolute atomic E-state index is 0. The first-order valence-corrected chi connectivity index (χ1v) is 0. The predicted octanol–water partition coefficient (Wildman–Crippen LogP) is 21.4. The Labute approximate surface area is 1680 Å². The van der Waals surface area contributed by atoms with Gasteiger partial charge in [-0.1, -0.05) is 44.6 Å². The van der Waals surface area contributed by atoms with Crippen molar-refractivity contribution >= 4 is 337 Å². The Bertz CT molecular complexity index is 281. The molecule has 569 valence electrons. The zero-order valence-electron chi connectivity index (χ0n) is 42.6. The topological polar surface area (TPSA) is 420 Å². The normalized spacial score (nSPS) is 0. The molecule has 0 aliphatic carbocycles. The summed E-state index contributed by atoms with van der Waals surface area (Å²) in [4.78, 5) is 0. The van der Waals surface area contributed by atoms with Gasteiger partial charge in [-0.15, -0.1) is 0 Å². The maximum atomic E-state index is 0. The van der Waals surface area contributed by atoms with Crippen LogP contribution in [-0.4, -0.2) is 0 Å². The first-order chi connectivity index (χ1) is 0. The van der Waals surface area contributed by atoms with Crippen LogP contribution in [0.5, 0.6) is 0 Å². The molecule has 0 saturated carbocycles. The molecule has 0 rings (SSSR count). The zero-order chi connectivity index (χ0) is 0. The fraction of sp³-hybridized carbons (Fsp3) is 1.00. The van der Waals surface area contributed by atoms with Crippen molar-refractivity contribution < 1.29 is 1270 Å². The van der Waals surface area contributed by atoms with Crippen molar-refractivity contribution in [1.82, 2.24) is 73.8 Å². The van der Waals surface area contributed by atoms with Crippen LogP contribution >= 0.6 is 337 Å². The van der Waals surface area contributed by atoms with E-state index in [-0.39, 0.29) is 1730 Å². The molecule has 0 saturated heterocycles. The van der Waals surface area contributed by atoms with Crippen LogP contribution in [0.2, 0.25) is 0 Å². The molecule has 0 atom stereocenters. The summed E-state index contributed by atoms with van der Waals surface area (Å²) in [5.74, 6) is 0. The van der Waals surface area contributed by atoms with Gasteiger partial charge in [0.25, 0.3) is 0 Å². The SMILES string of the molecule is C.C.C.C.C.C.F.N.N.N.N.N.N.N.N.N.N.N.N.S.S.S.S.S.S.S.S.S.S.S.S.S.S.S.S.S.S.S.S.S.S.S.S.S.[3HH].[3HH].[3HH].[3HH].[3HH].[3HH].[3HH].[3HH].[3HH].[3HH].[3HH].[3HH].[3HH].[3HH].[3HH].[3HH].[3HH].[3HH].[3HH].[3HH].[3HH].[3HH].[3HH].[3HH].[3HH].[3HH].[HH].[HH].[HH].[HH].[HH].[HH].[HH].[HH].[HH].[HH].[HH].[HH].[HH].[HH].[HH].[HH].[HH].[HH].[HH].[HH].[HH].[HH].[HH].[HH].[HH].[HH].[V].[Y].[Y].[Y].[Y].[Y].[Y].[Y].[Y].[Y].[Y].[Y].[Y].[Y].[Y].[Y].[Y].[Y].[Y].[Y].[Y].[Y].[Y].[Y].[Y].[Y].[Y].[Y].[Y].[Y].[Y].[Y].[Y].[Y].[Y].[Y].[Y]. The Morgan fingerprint density at radius 3 is 0.0988 bits per heavy atom. The summed E-state index contributed by atoms with van der Waals surface area (Å²) >= 11 is 0. The van der Waals surface area contributed by atoms with Crippen molar-refractivity contribution in [2.75, 3.05) is 0 Å². The van der Waals surface area contributed by atoms with Gasteiger partial charge in [0.05, 0.1) is 0 Å². The molecule has 81 heavy (non-hydrogen) atoms. The molecule has 12 nitrogen and oxygen atoms in total. The maximum Gasteiger partial charge on any atom is 0 e. The fourth-order valence-corrected chi connectivity index (χ4v) is 0. The quantitative estimate of drug-likeness (QED) is 0.108. The van der Waals surface area contributed by atoms with Gasteiger partial charge >= 0.3 is 0 Å². The summed E-state index contributed by atoms with van der Waals surface area (Å²) in [6, 6.07) is 0.